The third-order valence-corrected chi connectivity index (χ3v) is 4.85. The summed E-state index contributed by atoms with van der Waals surface area (Å²) in [4.78, 5) is 0. The van der Waals surface area contributed by atoms with Crippen LogP contribution in [0.2, 0.25) is 0 Å². The second-order valence-electron chi connectivity index (χ2n) is 4.64. The van der Waals surface area contributed by atoms with Crippen molar-refractivity contribution < 1.29 is 13.2 Å². The van der Waals surface area contributed by atoms with Crippen LogP contribution in [0.3, 0.4) is 0 Å². The van der Waals surface area contributed by atoms with Crippen LogP contribution in [0.25, 0.3) is 0 Å². The van der Waals surface area contributed by atoms with E-state index in [2.05, 4.69) is 4.72 Å². The Balaban J connectivity index is 2.67. The monoisotopic (exact) mass is 285 g/mol. The Morgan fingerprint density at radius 1 is 1.21 bits per heavy atom. The van der Waals surface area contributed by atoms with Crippen LogP contribution in [0.5, 0.6) is 5.75 Å². The van der Waals surface area contributed by atoms with Crippen LogP contribution < -0.4 is 9.46 Å². The zero-order chi connectivity index (χ0) is 14.5. The van der Waals surface area contributed by atoms with E-state index in [4.69, 9.17) is 4.74 Å². The first kappa shape index (κ1) is 16.0. The van der Waals surface area contributed by atoms with Crippen molar-refractivity contribution in [2.75, 3.05) is 19.4 Å². The van der Waals surface area contributed by atoms with Gasteiger partial charge in [0.25, 0.3) is 0 Å². The lowest BCUT2D eigenvalue weighted by Crippen LogP contribution is -2.28. The lowest BCUT2D eigenvalue weighted by molar-refractivity contribution is 0.411. The Hall–Kier alpha value is -1.07. The molecule has 1 aromatic carbocycles. The minimum atomic E-state index is -3.11. The van der Waals surface area contributed by atoms with Crippen molar-refractivity contribution >= 4 is 10.0 Å². The number of benzene rings is 1. The summed E-state index contributed by atoms with van der Waals surface area (Å²) < 4.78 is 31.0. The highest BCUT2D eigenvalue weighted by Crippen LogP contribution is 2.23. The van der Waals surface area contributed by atoms with Crippen molar-refractivity contribution in [2.45, 2.75) is 33.6 Å². The third-order valence-electron chi connectivity index (χ3n) is 3.26. The molecule has 0 amide bonds. The number of hydrogen-bond acceptors (Lipinski definition) is 3. The maximum absolute atomic E-state index is 11.5. The Labute approximate surface area is 116 Å². The molecule has 1 aromatic rings. The van der Waals surface area contributed by atoms with Gasteiger partial charge >= 0.3 is 0 Å². The molecule has 0 aliphatic carbocycles. The molecular formula is C14H23NO3S. The molecule has 0 bridgehead atoms. The zero-order valence-corrected chi connectivity index (χ0v) is 12.9. The number of methoxy groups -OCH3 is 1. The second kappa shape index (κ2) is 6.91. The van der Waals surface area contributed by atoms with Gasteiger partial charge < -0.3 is 4.74 Å². The van der Waals surface area contributed by atoms with Crippen molar-refractivity contribution in [3.8, 4) is 5.75 Å². The van der Waals surface area contributed by atoms with Crippen LogP contribution >= 0.6 is 0 Å². The first-order chi connectivity index (χ1) is 8.91. The highest BCUT2D eigenvalue weighted by atomic mass is 32.2. The van der Waals surface area contributed by atoms with E-state index in [1.807, 2.05) is 32.9 Å². The molecule has 0 aromatic heterocycles. The predicted octanol–water partition coefficient (Wildman–Crippen LogP) is 2.18. The molecule has 0 radical (unpaired) electrons. The molecule has 4 nitrogen and oxygen atoms in total. The summed E-state index contributed by atoms with van der Waals surface area (Å²) in [6, 6.07) is 3.92. The van der Waals surface area contributed by atoms with Gasteiger partial charge in [-0.1, -0.05) is 13.0 Å². The van der Waals surface area contributed by atoms with Gasteiger partial charge in [0.1, 0.15) is 5.75 Å². The molecule has 0 saturated carbocycles. The highest BCUT2D eigenvalue weighted by molar-refractivity contribution is 7.89. The molecule has 0 atom stereocenters. The summed E-state index contributed by atoms with van der Waals surface area (Å²) in [5.41, 5.74) is 3.42. The summed E-state index contributed by atoms with van der Waals surface area (Å²) in [7, 11) is -1.46. The molecule has 0 aliphatic rings. The normalized spacial score (nSPS) is 11.6. The first-order valence-electron chi connectivity index (χ1n) is 6.51. The van der Waals surface area contributed by atoms with Gasteiger partial charge in [0, 0.05) is 6.54 Å². The second-order valence-corrected chi connectivity index (χ2v) is 6.57. The first-order valence-corrected chi connectivity index (χ1v) is 8.17. The molecule has 0 unspecified atom stereocenters. The SMILES string of the molecule is CCCS(=O)(=O)NCCc1ccc(OC)c(C)c1C. The van der Waals surface area contributed by atoms with Crippen LogP contribution in [0, 0.1) is 13.8 Å². The Morgan fingerprint density at radius 3 is 2.47 bits per heavy atom. The quantitative estimate of drug-likeness (QED) is 0.835. The molecule has 1 rings (SSSR count). The number of ether oxygens (including phenoxy) is 1. The van der Waals surface area contributed by atoms with Crippen LogP contribution in [0.4, 0.5) is 0 Å². The fourth-order valence-electron chi connectivity index (χ4n) is 2.03. The van der Waals surface area contributed by atoms with Gasteiger partial charge in [-0.2, -0.15) is 0 Å². The number of sulfonamides is 1. The van der Waals surface area contributed by atoms with E-state index in [9.17, 15) is 8.42 Å². The fraction of sp³-hybridized carbons (Fsp3) is 0.571. The predicted molar refractivity (Wildman–Crippen MR) is 78.3 cm³/mol. The lowest BCUT2D eigenvalue weighted by atomic mass is 10.0. The number of nitrogens with one attached hydrogen (secondary N) is 1. The molecule has 1 N–H and O–H groups in total. The average molecular weight is 285 g/mol. The molecule has 0 saturated heterocycles. The Kier molecular flexibility index (Phi) is 5.82. The molecule has 0 heterocycles. The van der Waals surface area contributed by atoms with E-state index in [1.54, 1.807) is 7.11 Å². The van der Waals surface area contributed by atoms with E-state index in [0.29, 0.717) is 19.4 Å². The van der Waals surface area contributed by atoms with Crippen LogP contribution in [0.1, 0.15) is 30.0 Å². The van der Waals surface area contributed by atoms with Gasteiger partial charge in [0.05, 0.1) is 12.9 Å². The van der Waals surface area contributed by atoms with Crippen LogP contribution in [-0.4, -0.2) is 27.8 Å². The van der Waals surface area contributed by atoms with Crippen molar-refractivity contribution in [3.05, 3.63) is 28.8 Å². The number of rotatable bonds is 7. The largest absolute Gasteiger partial charge is 0.496 e. The molecule has 0 spiro atoms. The summed E-state index contributed by atoms with van der Waals surface area (Å²) in [5, 5.41) is 0. The van der Waals surface area contributed by atoms with Gasteiger partial charge in [-0.15, -0.1) is 0 Å². The van der Waals surface area contributed by atoms with E-state index in [1.165, 1.54) is 0 Å². The lowest BCUT2D eigenvalue weighted by Gasteiger charge is -2.13. The molecule has 5 heteroatoms. The molecule has 0 aliphatic heterocycles. The molecule has 0 fully saturated rings. The van der Waals surface area contributed by atoms with E-state index in [-0.39, 0.29) is 5.75 Å². The van der Waals surface area contributed by atoms with Crippen molar-refractivity contribution in [2.24, 2.45) is 0 Å². The average Bonchev–Trinajstić information content (AvgIpc) is 2.34. The maximum Gasteiger partial charge on any atom is 0.211 e. The van der Waals surface area contributed by atoms with Gasteiger partial charge in [-0.25, -0.2) is 13.1 Å². The van der Waals surface area contributed by atoms with E-state index in [0.717, 1.165) is 22.4 Å². The van der Waals surface area contributed by atoms with Crippen molar-refractivity contribution in [1.29, 1.82) is 0 Å². The van der Waals surface area contributed by atoms with Gasteiger partial charge in [0.2, 0.25) is 10.0 Å². The Morgan fingerprint density at radius 2 is 1.89 bits per heavy atom. The standard InChI is InChI=1S/C14H23NO3S/c1-5-10-19(16,17)15-9-8-13-6-7-14(18-4)12(3)11(13)2/h6-7,15H,5,8-10H2,1-4H3. The van der Waals surface area contributed by atoms with Gasteiger partial charge in [-0.05, 0) is 49.4 Å². The third kappa shape index (κ3) is 4.51. The fourth-order valence-corrected chi connectivity index (χ4v) is 3.12. The summed E-state index contributed by atoms with van der Waals surface area (Å²) in [6.07, 6.45) is 1.33. The van der Waals surface area contributed by atoms with Gasteiger partial charge in [-0.3, -0.25) is 0 Å². The van der Waals surface area contributed by atoms with Crippen LogP contribution in [-0.2, 0) is 16.4 Å². The maximum atomic E-state index is 11.5. The summed E-state index contributed by atoms with van der Waals surface area (Å²) in [6.45, 7) is 6.35. The summed E-state index contributed by atoms with van der Waals surface area (Å²) in [5.74, 6) is 1.06. The molecule has 108 valence electrons. The van der Waals surface area contributed by atoms with E-state index >= 15 is 0 Å². The summed E-state index contributed by atoms with van der Waals surface area (Å²) >= 11 is 0. The molecule has 19 heavy (non-hydrogen) atoms. The molecular weight excluding hydrogens is 262 g/mol. The van der Waals surface area contributed by atoms with Crippen molar-refractivity contribution in [3.63, 3.8) is 0 Å². The minimum Gasteiger partial charge on any atom is -0.496 e. The minimum absolute atomic E-state index is 0.188. The zero-order valence-electron chi connectivity index (χ0n) is 12.1. The van der Waals surface area contributed by atoms with Gasteiger partial charge in [0.15, 0.2) is 0 Å². The number of hydrogen-bond donors (Lipinski definition) is 1. The van der Waals surface area contributed by atoms with Crippen LogP contribution in [0.15, 0.2) is 12.1 Å². The highest BCUT2D eigenvalue weighted by Gasteiger charge is 2.10. The Bertz CT molecular complexity index is 524. The van der Waals surface area contributed by atoms with E-state index < -0.39 is 10.0 Å². The van der Waals surface area contributed by atoms with Crippen molar-refractivity contribution in [1.82, 2.24) is 4.72 Å². The topological polar surface area (TPSA) is 55.4 Å². The smallest absolute Gasteiger partial charge is 0.211 e.